The molecule has 13 heteroatoms. The number of unbranched alkanes of at least 4 members (excludes halogenated alkanes) is 1. The zero-order chi connectivity index (χ0) is 18.5. The molecule has 2 radical (unpaired) electrons. The van der Waals surface area contributed by atoms with Crippen LogP contribution in [0.3, 0.4) is 0 Å². The van der Waals surface area contributed by atoms with Crippen LogP contribution in [0.1, 0.15) is 32.6 Å². The summed E-state index contributed by atoms with van der Waals surface area (Å²) in [4.78, 5) is 20.8. The summed E-state index contributed by atoms with van der Waals surface area (Å²) in [5.41, 5.74) is 4.47. The summed E-state index contributed by atoms with van der Waals surface area (Å²) in [6.07, 6.45) is 2.64. The van der Waals surface area contributed by atoms with Crippen molar-refractivity contribution in [3.63, 3.8) is 0 Å². The predicted octanol–water partition coefficient (Wildman–Crippen LogP) is -6.26. The van der Waals surface area contributed by atoms with E-state index in [1.807, 2.05) is 6.92 Å². The van der Waals surface area contributed by atoms with Crippen molar-refractivity contribution in [3.05, 3.63) is 5.32 Å². The normalized spacial score (nSPS) is 6.68. The molecule has 0 aromatic carbocycles. The minimum Gasteiger partial charge on any atom is -1.00 e. The summed E-state index contributed by atoms with van der Waals surface area (Å²) >= 11 is 1.65. The Labute approximate surface area is 190 Å². The van der Waals surface area contributed by atoms with Gasteiger partial charge < -0.3 is 27.7 Å². The molecule has 0 heterocycles. The number of hydrogen-bond acceptors (Lipinski definition) is 6. The maximum absolute atomic E-state index is 10.8. The smallest absolute Gasteiger partial charge is 1.00 e. The van der Waals surface area contributed by atoms with Crippen LogP contribution in [0.15, 0.2) is 0 Å². The van der Waals surface area contributed by atoms with Crippen LogP contribution in [0.4, 0.5) is 0 Å². The molecular weight excluding hydrogens is 472 g/mol. The molecule has 130 valence electrons. The van der Waals surface area contributed by atoms with Gasteiger partial charge in [0, 0.05) is 0 Å². The van der Waals surface area contributed by atoms with Crippen LogP contribution in [0, 0.1) is 34.1 Å². The number of amidine groups is 1. The molecule has 0 aliphatic heterocycles. The molecule has 0 saturated heterocycles. The Kier molecular flexibility index (Phi) is 43.3. The second-order valence-electron chi connectivity index (χ2n) is 3.39. The Balaban J connectivity index is -0.0000000970. The van der Waals surface area contributed by atoms with Gasteiger partial charge in [-0.3, -0.25) is 10.2 Å². The van der Waals surface area contributed by atoms with E-state index in [-0.39, 0.29) is 60.8 Å². The summed E-state index contributed by atoms with van der Waals surface area (Å²) in [6.45, 7) is 2.50. The summed E-state index contributed by atoms with van der Waals surface area (Å²) in [5, 5.41) is 34.0. The number of carbonyl (C=O) groups is 2. The molecule has 0 aromatic rings. The Morgan fingerprint density at radius 1 is 1.24 bits per heavy atom. The number of halogens is 2. The van der Waals surface area contributed by atoms with Crippen molar-refractivity contribution in [3.8, 4) is 18.3 Å². The Morgan fingerprint density at radius 2 is 1.76 bits per heavy atom. The minimum atomic E-state index is -0.685. The Morgan fingerprint density at radius 3 is 2.16 bits per heavy atom. The number of amides is 2. The van der Waals surface area contributed by atoms with Crippen LogP contribution in [0.5, 0.6) is 0 Å². The molecule has 0 fully saturated rings. The summed E-state index contributed by atoms with van der Waals surface area (Å²) in [7, 11) is 0. The third-order valence-corrected chi connectivity index (χ3v) is 1.66. The van der Waals surface area contributed by atoms with E-state index < -0.39 is 11.8 Å². The van der Waals surface area contributed by atoms with Gasteiger partial charge in [0.2, 0.25) is 0 Å². The average molecular weight is 488 g/mol. The van der Waals surface area contributed by atoms with Crippen molar-refractivity contribution >= 4 is 45.9 Å². The number of carbonyl (C=O) groups excluding carboxylic acids is 2. The van der Waals surface area contributed by atoms with Gasteiger partial charge in [-0.2, -0.15) is 38.2 Å². The van der Waals surface area contributed by atoms with Gasteiger partial charge in [-0.25, -0.2) is 4.79 Å². The van der Waals surface area contributed by atoms with E-state index in [0.717, 1.165) is 12.8 Å². The fraction of sp³-hybridized carbons (Fsp3) is 0.500. The number of nitrogens with zero attached hydrogens (tertiary/aromatic N) is 4. The second-order valence-corrected chi connectivity index (χ2v) is 3.39. The van der Waals surface area contributed by atoms with Gasteiger partial charge in [0.25, 0.3) is 0 Å². The van der Waals surface area contributed by atoms with Crippen LogP contribution < -0.4 is 52.7 Å². The molecule has 0 aromatic heterocycles. The number of nitrogens with two attached hydrogens (primary N) is 1. The molecule has 0 aliphatic rings. The van der Waals surface area contributed by atoms with E-state index in [1.165, 1.54) is 6.19 Å². The topological polar surface area (TPSA) is 166 Å². The monoisotopic (exact) mass is 488 g/mol. The SMILES string of the molecule is CCCCOC(=[NH2+])NC(=O)CC#N.N#CCC(=O)[N-]C#N.[B]I.[Cl-].[Na+]. The molecule has 0 bridgehead atoms. The molecule has 3 N–H and O–H groups in total. The predicted molar refractivity (Wildman–Crippen MR) is 90.1 cm³/mol. The van der Waals surface area contributed by atoms with Crippen LogP contribution in [0.2, 0.25) is 0 Å². The van der Waals surface area contributed by atoms with E-state index in [4.69, 9.17) is 25.9 Å². The largest absolute Gasteiger partial charge is 1.00 e. The van der Waals surface area contributed by atoms with Gasteiger partial charge in [-0.1, -0.05) is 19.5 Å². The van der Waals surface area contributed by atoms with Crippen LogP contribution in [-0.2, 0) is 14.3 Å². The maximum atomic E-state index is 10.8. The summed E-state index contributed by atoms with van der Waals surface area (Å²) in [6, 6.07) is 3.23. The van der Waals surface area contributed by atoms with E-state index in [2.05, 4.69) is 16.3 Å². The Bertz CT molecular complexity index is 475. The number of nitriles is 3. The molecule has 0 rings (SSSR count). The van der Waals surface area contributed by atoms with Crippen molar-refractivity contribution < 1.29 is 61.7 Å². The number of nitrogens with one attached hydrogen (secondary N) is 1. The molecule has 0 atom stereocenters. The molecule has 25 heavy (non-hydrogen) atoms. The third kappa shape index (κ3) is 35.1. The first-order valence-corrected chi connectivity index (χ1v) is 7.39. The van der Waals surface area contributed by atoms with E-state index >= 15 is 0 Å². The minimum absolute atomic E-state index is 0. The number of hydrogen-bond donors (Lipinski definition) is 2. The first-order chi connectivity index (χ1) is 11.0. The molecular formula is C12H16BClIN6NaO3. The molecule has 0 saturated carbocycles. The van der Waals surface area contributed by atoms with E-state index in [0.29, 0.717) is 6.61 Å². The molecule has 2 amide bonds. The van der Waals surface area contributed by atoms with Crippen LogP contribution >= 0.6 is 22.4 Å². The van der Waals surface area contributed by atoms with E-state index in [9.17, 15) is 9.59 Å². The summed E-state index contributed by atoms with van der Waals surface area (Å²) < 4.78 is 4.95. The van der Waals surface area contributed by atoms with Gasteiger partial charge in [0.1, 0.15) is 6.42 Å². The first-order valence-electron chi connectivity index (χ1n) is 6.15. The van der Waals surface area contributed by atoms with Gasteiger partial charge >= 0.3 is 41.5 Å². The first kappa shape index (κ1) is 35.1. The van der Waals surface area contributed by atoms with Crippen molar-refractivity contribution in [2.24, 2.45) is 0 Å². The standard InChI is InChI=1S/C8H13N3O2.C4H3N3O.BI.ClH.Na/c1-2-3-6-13-8(10)11-7(12)4-5-9;5-2-1-4(8)7-3-6;1-2;;/h2-4,6H2,1H3,(H2,10,11,12);1H2,(H,7,8);;1H;/q;;;;+1/p-1. The molecule has 0 spiro atoms. The third-order valence-electron chi connectivity index (χ3n) is 1.66. The Hall–Kier alpha value is -1.04. The second kappa shape index (κ2) is 30.8. The van der Waals surface area contributed by atoms with Crippen LogP contribution in [-0.4, -0.2) is 30.1 Å². The van der Waals surface area contributed by atoms with Gasteiger partial charge in [0.05, 0.1) is 25.2 Å². The van der Waals surface area contributed by atoms with Crippen molar-refractivity contribution in [1.29, 1.82) is 15.8 Å². The van der Waals surface area contributed by atoms with Gasteiger partial charge in [0.15, 0.2) is 11.6 Å². The summed E-state index contributed by atoms with van der Waals surface area (Å²) in [5.74, 6) is -1.13. The van der Waals surface area contributed by atoms with Crippen molar-refractivity contribution in [2.45, 2.75) is 32.6 Å². The maximum Gasteiger partial charge on any atom is 1.00 e. The van der Waals surface area contributed by atoms with Crippen molar-refractivity contribution in [1.82, 2.24) is 5.32 Å². The van der Waals surface area contributed by atoms with Gasteiger partial charge in [-0.15, -0.1) is 0 Å². The molecule has 0 aliphatic carbocycles. The quantitative estimate of drug-likeness (QED) is 0.0975. The average Bonchev–Trinajstić information content (AvgIpc) is 2.51. The zero-order valence-corrected chi connectivity index (χ0v) is 18.9. The zero-order valence-electron chi connectivity index (χ0n) is 14.0. The van der Waals surface area contributed by atoms with Crippen LogP contribution in [0.25, 0.3) is 5.32 Å². The van der Waals surface area contributed by atoms with Gasteiger partial charge in [-0.05, 0) is 6.42 Å². The molecule has 9 nitrogen and oxygen atoms in total. The number of ether oxygens (including phenoxy) is 1. The fourth-order valence-corrected chi connectivity index (χ4v) is 0.779. The number of rotatable bonds is 5. The fourth-order valence-electron chi connectivity index (χ4n) is 0.779. The van der Waals surface area contributed by atoms with Crippen molar-refractivity contribution in [2.75, 3.05) is 6.61 Å². The molecule has 0 unspecified atom stereocenters. The van der Waals surface area contributed by atoms with E-state index in [1.54, 1.807) is 34.5 Å².